The highest BCUT2D eigenvalue weighted by molar-refractivity contribution is 5.90. The molecule has 0 radical (unpaired) electrons. The van der Waals surface area contributed by atoms with Gasteiger partial charge in [-0.2, -0.15) is 0 Å². The number of allylic oxidation sites excluding steroid dienone is 2. The van der Waals surface area contributed by atoms with E-state index < -0.39 is 6.10 Å². The number of hydrogen-bond donors (Lipinski definition) is 1. The van der Waals surface area contributed by atoms with E-state index in [4.69, 9.17) is 9.47 Å². The molecule has 0 spiro atoms. The predicted octanol–water partition coefficient (Wildman–Crippen LogP) is 3.46. The van der Waals surface area contributed by atoms with Crippen LogP contribution in [0.1, 0.15) is 52.4 Å². The molecule has 2 saturated heterocycles. The summed E-state index contributed by atoms with van der Waals surface area (Å²) in [5.74, 6) is -0.503. The fourth-order valence-electron chi connectivity index (χ4n) is 3.92. The Morgan fingerprint density at radius 1 is 1.33 bits per heavy atom. The average molecular weight is 332 g/mol. The van der Waals surface area contributed by atoms with Crippen molar-refractivity contribution in [2.45, 2.75) is 76.3 Å². The van der Waals surface area contributed by atoms with Crippen LogP contribution in [0.3, 0.4) is 0 Å². The molecule has 3 aliphatic rings. The monoisotopic (exact) mass is 332 g/mol. The standard InChI is InChI=1S/C20H28O4/c1-12-6-5-7-13(2)16(21)10-15-14(3)19(22)23-17(15)11-20(4)18(24-20)9-8-12/h6,15-18,21H,2-3,5,7-11H2,1,4H3/b12-6+/t15-,16+,17+,18-,20-/m1/s1. The largest absolute Gasteiger partial charge is 0.458 e. The molecule has 0 aromatic carbocycles. The zero-order chi connectivity index (χ0) is 17.5. The number of carbonyl (C=O) groups is 1. The van der Waals surface area contributed by atoms with E-state index in [1.165, 1.54) is 5.57 Å². The number of aliphatic hydroxyl groups is 1. The first kappa shape index (κ1) is 17.4. The van der Waals surface area contributed by atoms with Crippen molar-refractivity contribution >= 4 is 5.97 Å². The van der Waals surface area contributed by atoms with E-state index in [1.54, 1.807) is 0 Å². The number of epoxide rings is 1. The van der Waals surface area contributed by atoms with Gasteiger partial charge in [0.15, 0.2) is 0 Å². The minimum Gasteiger partial charge on any atom is -0.458 e. The highest BCUT2D eigenvalue weighted by Crippen LogP contribution is 2.47. The third-order valence-electron chi connectivity index (χ3n) is 5.77. The lowest BCUT2D eigenvalue weighted by Crippen LogP contribution is -2.28. The van der Waals surface area contributed by atoms with E-state index in [1.807, 2.05) is 0 Å². The summed E-state index contributed by atoms with van der Waals surface area (Å²) in [7, 11) is 0. The van der Waals surface area contributed by atoms with Crippen LogP contribution in [0.4, 0.5) is 0 Å². The van der Waals surface area contributed by atoms with Crippen molar-refractivity contribution < 1.29 is 19.4 Å². The third kappa shape index (κ3) is 3.50. The first-order valence-electron chi connectivity index (χ1n) is 8.89. The Labute approximate surface area is 144 Å². The predicted molar refractivity (Wildman–Crippen MR) is 92.4 cm³/mol. The molecule has 132 valence electrons. The molecule has 1 N–H and O–H groups in total. The van der Waals surface area contributed by atoms with Crippen molar-refractivity contribution in [3.63, 3.8) is 0 Å². The molecule has 3 rings (SSSR count). The van der Waals surface area contributed by atoms with Gasteiger partial charge in [0.05, 0.1) is 17.8 Å². The minimum atomic E-state index is -0.635. The quantitative estimate of drug-likeness (QED) is 0.319. The summed E-state index contributed by atoms with van der Waals surface area (Å²) < 4.78 is 11.5. The molecule has 0 aromatic heterocycles. The molecule has 24 heavy (non-hydrogen) atoms. The van der Waals surface area contributed by atoms with Crippen LogP contribution in [-0.2, 0) is 14.3 Å². The van der Waals surface area contributed by atoms with Crippen molar-refractivity contribution in [1.29, 1.82) is 0 Å². The normalized spacial score (nSPS) is 43.1. The van der Waals surface area contributed by atoms with Crippen molar-refractivity contribution in [1.82, 2.24) is 0 Å². The SMILES string of the molecule is C=C1C(=O)O[C@H]2C[C@@]3(C)O[C@@H]3CC/C(C)=C/CCC(=C)[C@@H](O)C[C@H]12. The summed E-state index contributed by atoms with van der Waals surface area (Å²) in [4.78, 5) is 12.0. The Hall–Kier alpha value is -1.39. The first-order chi connectivity index (χ1) is 11.3. The van der Waals surface area contributed by atoms with Gasteiger partial charge < -0.3 is 14.6 Å². The Balaban J connectivity index is 1.79. The van der Waals surface area contributed by atoms with Gasteiger partial charge in [0.25, 0.3) is 0 Å². The lowest BCUT2D eigenvalue weighted by Gasteiger charge is -2.23. The molecule has 0 bridgehead atoms. The van der Waals surface area contributed by atoms with E-state index in [0.29, 0.717) is 18.4 Å². The fourth-order valence-corrected chi connectivity index (χ4v) is 3.92. The van der Waals surface area contributed by atoms with E-state index in [0.717, 1.165) is 31.3 Å². The average Bonchev–Trinajstić information content (AvgIpc) is 3.10. The molecule has 0 amide bonds. The van der Waals surface area contributed by atoms with Gasteiger partial charge in [0.1, 0.15) is 6.10 Å². The summed E-state index contributed by atoms with van der Waals surface area (Å²) in [6.45, 7) is 12.1. The fraction of sp³-hybridized carbons (Fsp3) is 0.650. The second kappa shape index (κ2) is 6.49. The second-order valence-electron chi connectivity index (χ2n) is 7.74. The lowest BCUT2D eigenvalue weighted by molar-refractivity contribution is -0.139. The maximum absolute atomic E-state index is 12.0. The molecule has 4 nitrogen and oxygen atoms in total. The highest BCUT2D eigenvalue weighted by atomic mass is 16.6. The zero-order valence-corrected chi connectivity index (χ0v) is 14.7. The number of esters is 1. The summed E-state index contributed by atoms with van der Waals surface area (Å²) in [6, 6.07) is 0. The number of rotatable bonds is 0. The molecule has 0 saturated carbocycles. The van der Waals surface area contributed by atoms with Crippen LogP contribution in [0.5, 0.6) is 0 Å². The maximum Gasteiger partial charge on any atom is 0.334 e. The number of fused-ring (bicyclic) bond motifs is 2. The van der Waals surface area contributed by atoms with Crippen LogP contribution >= 0.6 is 0 Å². The molecule has 1 aliphatic carbocycles. The lowest BCUT2D eigenvalue weighted by atomic mass is 9.83. The van der Waals surface area contributed by atoms with Gasteiger partial charge in [-0.05, 0) is 51.5 Å². The van der Waals surface area contributed by atoms with E-state index in [9.17, 15) is 9.90 Å². The zero-order valence-electron chi connectivity index (χ0n) is 14.7. The first-order valence-corrected chi connectivity index (χ1v) is 8.89. The topological polar surface area (TPSA) is 59.1 Å². The second-order valence-corrected chi connectivity index (χ2v) is 7.74. The highest BCUT2D eigenvalue weighted by Gasteiger charge is 2.55. The van der Waals surface area contributed by atoms with Gasteiger partial charge >= 0.3 is 5.97 Å². The van der Waals surface area contributed by atoms with E-state index in [2.05, 4.69) is 33.1 Å². The summed E-state index contributed by atoms with van der Waals surface area (Å²) >= 11 is 0. The van der Waals surface area contributed by atoms with Gasteiger partial charge in [0, 0.05) is 17.9 Å². The number of aliphatic hydroxyl groups excluding tert-OH is 1. The minimum absolute atomic E-state index is 0.161. The molecule has 0 unspecified atom stereocenters. The van der Waals surface area contributed by atoms with Crippen LogP contribution < -0.4 is 0 Å². The van der Waals surface area contributed by atoms with Gasteiger partial charge in [-0.15, -0.1) is 0 Å². The van der Waals surface area contributed by atoms with Gasteiger partial charge in [-0.25, -0.2) is 4.79 Å². The number of carbonyl (C=O) groups excluding carboxylic acids is 1. The van der Waals surface area contributed by atoms with Crippen LogP contribution in [0.15, 0.2) is 36.0 Å². The van der Waals surface area contributed by atoms with Gasteiger partial charge in [0.2, 0.25) is 0 Å². The molecule has 2 fully saturated rings. The molecule has 2 aliphatic heterocycles. The van der Waals surface area contributed by atoms with Crippen molar-refractivity contribution in [2.75, 3.05) is 0 Å². The molecular formula is C20H28O4. The van der Waals surface area contributed by atoms with E-state index >= 15 is 0 Å². The van der Waals surface area contributed by atoms with Crippen LogP contribution in [0.25, 0.3) is 0 Å². The van der Waals surface area contributed by atoms with Crippen molar-refractivity contribution in [3.05, 3.63) is 36.0 Å². The molecule has 4 heteroatoms. The van der Waals surface area contributed by atoms with Crippen LogP contribution in [0.2, 0.25) is 0 Å². The molecule has 5 atom stereocenters. The number of hydrogen-bond acceptors (Lipinski definition) is 4. The Bertz CT molecular complexity index is 590. The maximum atomic E-state index is 12.0. The van der Waals surface area contributed by atoms with Crippen molar-refractivity contribution in [3.8, 4) is 0 Å². The van der Waals surface area contributed by atoms with E-state index in [-0.39, 0.29) is 29.7 Å². The summed E-state index contributed by atoms with van der Waals surface area (Å²) in [6.07, 6.45) is 6.30. The molecular weight excluding hydrogens is 304 g/mol. The van der Waals surface area contributed by atoms with Crippen molar-refractivity contribution in [2.24, 2.45) is 5.92 Å². The third-order valence-corrected chi connectivity index (χ3v) is 5.77. The Morgan fingerprint density at radius 3 is 2.83 bits per heavy atom. The van der Waals surface area contributed by atoms with Crippen LogP contribution in [-0.4, -0.2) is 35.0 Å². The summed E-state index contributed by atoms with van der Waals surface area (Å²) in [5.41, 5.74) is 2.40. The number of ether oxygens (including phenoxy) is 2. The molecule has 2 heterocycles. The van der Waals surface area contributed by atoms with Gasteiger partial charge in [-0.3, -0.25) is 0 Å². The molecule has 0 aromatic rings. The summed E-state index contributed by atoms with van der Waals surface area (Å²) in [5, 5.41) is 10.5. The Kier molecular flexibility index (Phi) is 4.71. The Morgan fingerprint density at radius 2 is 2.08 bits per heavy atom. The van der Waals surface area contributed by atoms with Gasteiger partial charge in [-0.1, -0.05) is 24.8 Å². The smallest absolute Gasteiger partial charge is 0.334 e. The van der Waals surface area contributed by atoms with Crippen LogP contribution in [0, 0.1) is 5.92 Å².